The van der Waals surface area contributed by atoms with Crippen LogP contribution in [0.3, 0.4) is 0 Å². The molecule has 150 valence electrons. The molecule has 7 heteroatoms. The van der Waals surface area contributed by atoms with E-state index in [1.165, 1.54) is 0 Å². The van der Waals surface area contributed by atoms with Crippen molar-refractivity contribution in [3.8, 4) is 11.5 Å². The third-order valence-corrected chi connectivity index (χ3v) is 5.28. The van der Waals surface area contributed by atoms with Gasteiger partial charge in [-0.1, -0.05) is 23.2 Å². The summed E-state index contributed by atoms with van der Waals surface area (Å²) in [5.74, 6) is 1.57. The van der Waals surface area contributed by atoms with E-state index in [9.17, 15) is 4.79 Å². The fraction of sp³-hybridized carbons (Fsp3) is 0.318. The smallest absolute Gasteiger partial charge is 0.294 e. The molecule has 4 rings (SSSR count). The Hall–Kier alpha value is -3.35. The molecule has 7 nitrogen and oxygen atoms in total. The van der Waals surface area contributed by atoms with Crippen LogP contribution in [-0.4, -0.2) is 74.4 Å². The van der Waals surface area contributed by atoms with Crippen LogP contribution >= 0.6 is 0 Å². The van der Waals surface area contributed by atoms with Crippen LogP contribution in [0.5, 0.6) is 11.5 Å². The van der Waals surface area contributed by atoms with Crippen molar-refractivity contribution >= 4 is 29.3 Å². The summed E-state index contributed by atoms with van der Waals surface area (Å²) in [6, 6.07) is 15.7. The van der Waals surface area contributed by atoms with Gasteiger partial charge in [0.15, 0.2) is 6.54 Å². The lowest BCUT2D eigenvalue weighted by atomic mass is 10.2. The number of carbonyl (C=O) groups excluding carboxylic acids is 1. The SMILES string of the molecule is COc1cc(OC)cc(N2CCN(C(=O)C3=[N+](c4ccccc4)C=NC3)CC2)c1. The van der Waals surface area contributed by atoms with Gasteiger partial charge in [0.2, 0.25) is 5.71 Å². The molecule has 0 aliphatic carbocycles. The van der Waals surface area contributed by atoms with Gasteiger partial charge >= 0.3 is 0 Å². The first-order valence-corrected chi connectivity index (χ1v) is 9.67. The second kappa shape index (κ2) is 8.34. The van der Waals surface area contributed by atoms with Crippen molar-refractivity contribution in [3.05, 3.63) is 48.5 Å². The second-order valence-electron chi connectivity index (χ2n) is 6.96. The van der Waals surface area contributed by atoms with E-state index < -0.39 is 0 Å². The van der Waals surface area contributed by atoms with E-state index in [-0.39, 0.29) is 5.91 Å². The second-order valence-corrected chi connectivity index (χ2v) is 6.96. The van der Waals surface area contributed by atoms with E-state index in [0.717, 1.165) is 36.0 Å². The lowest BCUT2D eigenvalue weighted by Crippen LogP contribution is -2.51. The van der Waals surface area contributed by atoms with Gasteiger partial charge in [-0.05, 0) is 12.1 Å². The fourth-order valence-corrected chi connectivity index (χ4v) is 3.66. The van der Waals surface area contributed by atoms with Gasteiger partial charge in [0.05, 0.1) is 14.2 Å². The number of hydrogen-bond acceptors (Lipinski definition) is 5. The molecule has 0 saturated carbocycles. The number of hydrogen-bond donors (Lipinski definition) is 0. The van der Waals surface area contributed by atoms with E-state index in [0.29, 0.717) is 25.3 Å². The Balaban J connectivity index is 1.47. The molecule has 2 aromatic carbocycles. The van der Waals surface area contributed by atoms with E-state index in [2.05, 4.69) is 9.89 Å². The van der Waals surface area contributed by atoms with Crippen molar-refractivity contribution in [1.82, 2.24) is 4.90 Å². The standard InChI is InChI=1S/C22H25N4O3/c1-28-19-12-18(13-20(14-19)29-2)24-8-10-25(11-9-24)22(27)21-15-23-16-26(21)17-6-4-3-5-7-17/h3-7,12-14,16H,8-11,15H2,1-2H3/q+1. The number of benzene rings is 2. The average Bonchev–Trinajstić information content (AvgIpc) is 3.29. The normalized spacial score (nSPS) is 16.3. The van der Waals surface area contributed by atoms with Crippen LogP contribution in [0.4, 0.5) is 11.4 Å². The molecule has 29 heavy (non-hydrogen) atoms. The first-order chi connectivity index (χ1) is 14.2. The quantitative estimate of drug-likeness (QED) is 0.731. The molecule has 2 aromatic rings. The van der Waals surface area contributed by atoms with Crippen molar-refractivity contribution in [2.45, 2.75) is 0 Å². The molecule has 0 N–H and O–H groups in total. The molecule has 1 amide bonds. The minimum Gasteiger partial charge on any atom is -0.497 e. The molecule has 0 bridgehead atoms. The fourth-order valence-electron chi connectivity index (χ4n) is 3.66. The predicted molar refractivity (Wildman–Crippen MR) is 113 cm³/mol. The lowest BCUT2D eigenvalue weighted by molar-refractivity contribution is -0.291. The molecule has 0 spiro atoms. The summed E-state index contributed by atoms with van der Waals surface area (Å²) in [5.41, 5.74) is 2.70. The Bertz CT molecular complexity index is 926. The Morgan fingerprint density at radius 3 is 2.24 bits per heavy atom. The number of rotatable bonds is 5. The van der Waals surface area contributed by atoms with Gasteiger partial charge in [0.1, 0.15) is 17.2 Å². The molecule has 2 heterocycles. The van der Waals surface area contributed by atoms with Crippen LogP contribution in [0, 0.1) is 0 Å². The van der Waals surface area contributed by atoms with Gasteiger partial charge < -0.3 is 19.3 Å². The minimum atomic E-state index is 0.0502. The van der Waals surface area contributed by atoms with E-state index >= 15 is 0 Å². The number of para-hydroxylation sites is 1. The summed E-state index contributed by atoms with van der Waals surface area (Å²) in [6.07, 6.45) is 1.74. The topological polar surface area (TPSA) is 57.4 Å². The third-order valence-electron chi connectivity index (χ3n) is 5.28. The van der Waals surface area contributed by atoms with Gasteiger partial charge in [-0.3, -0.25) is 4.79 Å². The van der Waals surface area contributed by atoms with Crippen molar-refractivity contribution in [3.63, 3.8) is 0 Å². The minimum absolute atomic E-state index is 0.0502. The van der Waals surface area contributed by atoms with E-state index in [1.54, 1.807) is 20.6 Å². The van der Waals surface area contributed by atoms with Crippen LogP contribution in [0.2, 0.25) is 0 Å². The van der Waals surface area contributed by atoms with E-state index in [4.69, 9.17) is 9.47 Å². The monoisotopic (exact) mass is 393 g/mol. The molecule has 0 atom stereocenters. The van der Waals surface area contributed by atoms with Crippen LogP contribution in [-0.2, 0) is 4.79 Å². The number of aliphatic imine (C=N–C) groups is 1. The third kappa shape index (κ3) is 3.94. The highest BCUT2D eigenvalue weighted by Crippen LogP contribution is 2.29. The van der Waals surface area contributed by atoms with Gasteiger partial charge in [-0.2, -0.15) is 4.58 Å². The molecule has 1 saturated heterocycles. The Kier molecular flexibility index (Phi) is 5.46. The van der Waals surface area contributed by atoms with Gasteiger partial charge in [-0.25, -0.2) is 0 Å². The van der Waals surface area contributed by atoms with E-state index in [1.807, 2.05) is 58.0 Å². The first kappa shape index (κ1) is 19.0. The van der Waals surface area contributed by atoms with Crippen LogP contribution in [0.15, 0.2) is 53.5 Å². The largest absolute Gasteiger partial charge is 0.497 e. The lowest BCUT2D eigenvalue weighted by Gasteiger charge is -2.36. The Morgan fingerprint density at radius 1 is 0.966 bits per heavy atom. The van der Waals surface area contributed by atoms with Crippen LogP contribution < -0.4 is 14.4 Å². The first-order valence-electron chi connectivity index (χ1n) is 9.67. The molecule has 2 aliphatic rings. The number of anilines is 1. The van der Waals surface area contributed by atoms with Gasteiger partial charge in [0.25, 0.3) is 12.2 Å². The number of amides is 1. The summed E-state index contributed by atoms with van der Waals surface area (Å²) in [7, 11) is 3.29. The maximum atomic E-state index is 13.1. The van der Waals surface area contributed by atoms with Crippen LogP contribution in [0.25, 0.3) is 0 Å². The zero-order chi connectivity index (χ0) is 20.2. The molecule has 0 aromatic heterocycles. The maximum absolute atomic E-state index is 13.1. The number of nitrogens with zero attached hydrogens (tertiary/aromatic N) is 4. The van der Waals surface area contributed by atoms with Gasteiger partial charge in [-0.15, -0.1) is 0 Å². The summed E-state index contributed by atoms with van der Waals surface area (Å²) >= 11 is 0. The summed E-state index contributed by atoms with van der Waals surface area (Å²) in [6.45, 7) is 3.24. The molecular weight excluding hydrogens is 368 g/mol. The predicted octanol–water partition coefficient (Wildman–Crippen LogP) is 2.18. The number of piperazine rings is 1. The Labute approximate surface area is 170 Å². The number of ether oxygens (including phenoxy) is 2. The summed E-state index contributed by atoms with van der Waals surface area (Å²) in [4.78, 5) is 21.6. The number of carbonyl (C=O) groups is 1. The zero-order valence-corrected chi connectivity index (χ0v) is 16.7. The highest BCUT2D eigenvalue weighted by Gasteiger charge is 2.32. The Morgan fingerprint density at radius 2 is 1.62 bits per heavy atom. The highest BCUT2D eigenvalue weighted by molar-refractivity contribution is 6.39. The molecule has 0 unspecified atom stereocenters. The van der Waals surface area contributed by atoms with Crippen molar-refractivity contribution in [2.24, 2.45) is 4.99 Å². The van der Waals surface area contributed by atoms with Gasteiger partial charge in [0, 0.05) is 50.1 Å². The average molecular weight is 393 g/mol. The van der Waals surface area contributed by atoms with Crippen molar-refractivity contribution in [1.29, 1.82) is 0 Å². The zero-order valence-electron chi connectivity index (χ0n) is 16.7. The molecule has 0 radical (unpaired) electrons. The highest BCUT2D eigenvalue weighted by atomic mass is 16.5. The molecular formula is C22H25N4O3+. The number of methoxy groups -OCH3 is 2. The summed E-state index contributed by atoms with van der Waals surface area (Å²) in [5, 5.41) is 0. The molecule has 1 fully saturated rings. The van der Waals surface area contributed by atoms with Crippen LogP contribution in [0.1, 0.15) is 0 Å². The maximum Gasteiger partial charge on any atom is 0.294 e. The van der Waals surface area contributed by atoms with Crippen molar-refractivity contribution < 1.29 is 18.8 Å². The summed E-state index contributed by atoms with van der Waals surface area (Å²) < 4.78 is 12.6. The molecule has 2 aliphatic heterocycles. The van der Waals surface area contributed by atoms with Crippen molar-refractivity contribution in [2.75, 3.05) is 51.8 Å².